The van der Waals surface area contributed by atoms with E-state index < -0.39 is 0 Å². The molecule has 0 spiro atoms. The van der Waals surface area contributed by atoms with Crippen LogP contribution >= 0.6 is 23.4 Å². The highest BCUT2D eigenvalue weighted by molar-refractivity contribution is 8.00. The highest BCUT2D eigenvalue weighted by Gasteiger charge is 2.27. The Hall–Kier alpha value is -1.57. The molecule has 0 N–H and O–H groups in total. The molecule has 2 aromatic rings. The maximum atomic E-state index is 13.1. The van der Waals surface area contributed by atoms with Gasteiger partial charge in [-0.05, 0) is 37.5 Å². The maximum Gasteiger partial charge on any atom is 0.262 e. The molecule has 0 aliphatic carbocycles. The lowest BCUT2D eigenvalue weighted by atomic mass is 10.1. The van der Waals surface area contributed by atoms with Crippen LogP contribution in [0.2, 0.25) is 5.02 Å². The molecule has 0 bridgehead atoms. The summed E-state index contributed by atoms with van der Waals surface area (Å²) in [4.78, 5) is 32.0. The fourth-order valence-corrected chi connectivity index (χ4v) is 4.20. The Morgan fingerprint density at radius 3 is 2.68 bits per heavy atom. The van der Waals surface area contributed by atoms with Gasteiger partial charge < -0.3 is 9.64 Å². The van der Waals surface area contributed by atoms with Gasteiger partial charge in [0.15, 0.2) is 5.16 Å². The van der Waals surface area contributed by atoms with Gasteiger partial charge in [0.2, 0.25) is 5.91 Å². The molecule has 1 aromatic heterocycles. The van der Waals surface area contributed by atoms with Crippen molar-refractivity contribution < 1.29 is 9.53 Å². The largest absolute Gasteiger partial charge is 0.382 e. The average Bonchev–Trinajstić information content (AvgIpc) is 2.63. The normalized spacial score (nSPS) is 12.5. The molecule has 1 amide bonds. The van der Waals surface area contributed by atoms with Gasteiger partial charge in [-0.3, -0.25) is 14.2 Å². The van der Waals surface area contributed by atoms with Crippen molar-refractivity contribution in [3.05, 3.63) is 33.6 Å². The van der Waals surface area contributed by atoms with Gasteiger partial charge in [0.05, 0.1) is 16.2 Å². The monoisotopic (exact) mass is 425 g/mol. The summed E-state index contributed by atoms with van der Waals surface area (Å²) in [6, 6.07) is 5.08. The summed E-state index contributed by atoms with van der Waals surface area (Å²) in [5.74, 6) is 0.0880. The number of carbonyl (C=O) groups excluding carboxylic acids is 1. The number of benzene rings is 1. The Bertz CT molecular complexity index is 883. The lowest BCUT2D eigenvalue weighted by Gasteiger charge is -2.24. The fourth-order valence-electron chi connectivity index (χ4n) is 2.77. The van der Waals surface area contributed by atoms with Gasteiger partial charge in [-0.25, -0.2) is 4.98 Å². The predicted molar refractivity (Wildman–Crippen MR) is 115 cm³/mol. The lowest BCUT2D eigenvalue weighted by Crippen LogP contribution is -2.36. The predicted octanol–water partition coefficient (Wildman–Crippen LogP) is 3.68. The van der Waals surface area contributed by atoms with Gasteiger partial charge in [0.25, 0.3) is 5.56 Å². The summed E-state index contributed by atoms with van der Waals surface area (Å²) in [5.41, 5.74) is 0.418. The van der Waals surface area contributed by atoms with Gasteiger partial charge in [-0.2, -0.15) is 0 Å². The molecule has 154 valence electrons. The summed E-state index contributed by atoms with van der Waals surface area (Å²) in [5, 5.41) is 1.24. The highest BCUT2D eigenvalue weighted by Crippen LogP contribution is 2.29. The third-order valence-electron chi connectivity index (χ3n) is 4.28. The topological polar surface area (TPSA) is 64.4 Å². The van der Waals surface area contributed by atoms with Crippen LogP contribution < -0.4 is 5.56 Å². The number of carbonyl (C=O) groups is 1. The van der Waals surface area contributed by atoms with E-state index in [4.69, 9.17) is 16.3 Å². The zero-order valence-corrected chi connectivity index (χ0v) is 18.6. The highest BCUT2D eigenvalue weighted by atomic mass is 35.5. The molecule has 8 heteroatoms. The van der Waals surface area contributed by atoms with E-state index in [1.165, 1.54) is 11.8 Å². The van der Waals surface area contributed by atoms with Crippen LogP contribution in [0.15, 0.2) is 28.2 Å². The first-order chi connectivity index (χ1) is 13.3. The SMILES string of the molecule is CCOCCCn1c(SC(C(=O)N(C)C)C(C)C)nc2cc(Cl)ccc2c1=O. The number of ether oxygens (including phenoxy) is 1. The number of fused-ring (bicyclic) bond motifs is 1. The molecule has 2 rings (SSSR count). The van der Waals surface area contributed by atoms with E-state index in [9.17, 15) is 9.59 Å². The Morgan fingerprint density at radius 2 is 2.07 bits per heavy atom. The van der Waals surface area contributed by atoms with Gasteiger partial charge in [-0.15, -0.1) is 0 Å². The van der Waals surface area contributed by atoms with E-state index in [2.05, 4.69) is 4.98 Å². The number of aromatic nitrogens is 2. The second kappa shape index (κ2) is 10.3. The number of hydrogen-bond acceptors (Lipinski definition) is 5. The van der Waals surface area contributed by atoms with Gasteiger partial charge in [0.1, 0.15) is 0 Å². The Balaban J connectivity index is 2.50. The van der Waals surface area contributed by atoms with Crippen LogP contribution in [0.3, 0.4) is 0 Å². The van der Waals surface area contributed by atoms with E-state index in [1.807, 2.05) is 20.8 Å². The van der Waals surface area contributed by atoms with E-state index in [0.29, 0.717) is 47.3 Å². The molecular weight excluding hydrogens is 398 g/mol. The van der Waals surface area contributed by atoms with Gasteiger partial charge >= 0.3 is 0 Å². The molecule has 6 nitrogen and oxygen atoms in total. The zero-order valence-electron chi connectivity index (χ0n) is 17.1. The molecule has 0 radical (unpaired) electrons. The first kappa shape index (κ1) is 22.7. The maximum absolute atomic E-state index is 13.1. The summed E-state index contributed by atoms with van der Waals surface area (Å²) in [7, 11) is 3.47. The van der Waals surface area contributed by atoms with E-state index >= 15 is 0 Å². The quantitative estimate of drug-likeness (QED) is 0.348. The Kier molecular flexibility index (Phi) is 8.34. The molecule has 1 aromatic carbocycles. The molecule has 0 saturated heterocycles. The van der Waals surface area contributed by atoms with Crippen molar-refractivity contribution in [3.8, 4) is 0 Å². The zero-order chi connectivity index (χ0) is 20.8. The minimum atomic E-state index is -0.336. The smallest absolute Gasteiger partial charge is 0.262 e. The van der Waals surface area contributed by atoms with Crippen LogP contribution in [0.1, 0.15) is 27.2 Å². The standard InChI is InChI=1S/C20H28ClN3O3S/c1-6-27-11-7-10-24-18(25)15-9-8-14(21)12-16(15)22-20(24)28-17(13(2)3)19(26)23(4)5/h8-9,12-13,17H,6-7,10-11H2,1-5H3. The van der Waals surface area contributed by atoms with Crippen LogP contribution in [0.5, 0.6) is 0 Å². The number of thioether (sulfide) groups is 1. The number of nitrogens with zero attached hydrogens (tertiary/aromatic N) is 3. The number of rotatable bonds is 9. The molecule has 0 fully saturated rings. The molecule has 1 heterocycles. The molecule has 0 aliphatic heterocycles. The fraction of sp³-hybridized carbons (Fsp3) is 0.550. The van der Waals surface area contributed by atoms with Gasteiger partial charge in [-0.1, -0.05) is 37.2 Å². The van der Waals surface area contributed by atoms with E-state index in [0.717, 1.165) is 0 Å². The van der Waals surface area contributed by atoms with Crippen molar-refractivity contribution in [2.24, 2.45) is 5.92 Å². The second-order valence-electron chi connectivity index (χ2n) is 7.08. The van der Waals surface area contributed by atoms with Crippen molar-refractivity contribution in [1.82, 2.24) is 14.5 Å². The van der Waals surface area contributed by atoms with Crippen molar-refractivity contribution in [1.29, 1.82) is 0 Å². The van der Waals surface area contributed by atoms with E-state index in [1.54, 1.807) is 41.8 Å². The van der Waals surface area contributed by atoms with Crippen LogP contribution in [-0.4, -0.2) is 52.9 Å². The second-order valence-corrected chi connectivity index (χ2v) is 8.62. The molecule has 1 atom stereocenters. The van der Waals surface area contributed by atoms with Crippen LogP contribution in [0, 0.1) is 5.92 Å². The van der Waals surface area contributed by atoms with Crippen LogP contribution in [-0.2, 0) is 16.1 Å². The third kappa shape index (κ3) is 5.49. The third-order valence-corrected chi connectivity index (χ3v) is 6.04. The summed E-state index contributed by atoms with van der Waals surface area (Å²) < 4.78 is 7.06. The molecule has 1 unspecified atom stereocenters. The molecule has 0 saturated carbocycles. The number of halogens is 1. The number of amides is 1. The molecule has 28 heavy (non-hydrogen) atoms. The Labute approximate surface area is 175 Å². The van der Waals surface area contributed by atoms with Crippen molar-refractivity contribution >= 4 is 40.2 Å². The Morgan fingerprint density at radius 1 is 1.36 bits per heavy atom. The molecule has 0 aliphatic rings. The summed E-state index contributed by atoms with van der Waals surface area (Å²) in [6.07, 6.45) is 0.691. The number of hydrogen-bond donors (Lipinski definition) is 0. The van der Waals surface area contributed by atoms with Crippen LogP contribution in [0.4, 0.5) is 0 Å². The minimum absolute atomic E-state index is 0.00121. The summed E-state index contributed by atoms with van der Waals surface area (Å²) in [6.45, 7) is 7.61. The lowest BCUT2D eigenvalue weighted by molar-refractivity contribution is -0.128. The van der Waals surface area contributed by atoms with Crippen LogP contribution in [0.25, 0.3) is 10.9 Å². The average molecular weight is 426 g/mol. The molecular formula is C20H28ClN3O3S. The minimum Gasteiger partial charge on any atom is -0.382 e. The first-order valence-corrected chi connectivity index (χ1v) is 10.7. The van der Waals surface area contributed by atoms with Crippen molar-refractivity contribution in [3.63, 3.8) is 0 Å². The van der Waals surface area contributed by atoms with E-state index in [-0.39, 0.29) is 22.6 Å². The summed E-state index contributed by atoms with van der Waals surface area (Å²) >= 11 is 7.43. The van der Waals surface area contributed by atoms with Gasteiger partial charge in [0, 0.05) is 38.9 Å². The first-order valence-electron chi connectivity index (χ1n) is 9.41. The van der Waals surface area contributed by atoms with Crippen molar-refractivity contribution in [2.45, 2.75) is 44.1 Å². The van der Waals surface area contributed by atoms with Crippen molar-refractivity contribution in [2.75, 3.05) is 27.3 Å².